The summed E-state index contributed by atoms with van der Waals surface area (Å²) in [5.41, 5.74) is 0. The molecule has 0 aromatic heterocycles. The van der Waals surface area contributed by atoms with Crippen LogP contribution in [-0.4, -0.2) is 45.0 Å². The van der Waals surface area contributed by atoms with E-state index >= 15 is 0 Å². The number of carboxylic acid groups (broad SMARTS) is 2. The van der Waals surface area contributed by atoms with Crippen LogP contribution in [0.1, 0.15) is 13.3 Å². The molecule has 0 aromatic rings. The number of rotatable bonds is 1. The third kappa shape index (κ3) is 1.47. The number of hydrogen-bond donors (Lipinski definition) is 2. The molecule has 1 aliphatic heterocycles. The van der Waals surface area contributed by atoms with Gasteiger partial charge in [0, 0.05) is 12.5 Å². The third-order valence-corrected chi connectivity index (χ3v) is 2.01. The van der Waals surface area contributed by atoms with Crippen LogP contribution in [-0.2, 0) is 9.59 Å². The topological polar surface area (TPSA) is 94.9 Å². The minimum atomic E-state index is -1.52. The number of ketones is 1. The number of aliphatic carboxylic acids is 1. The fraction of sp³-hybridized carbons (Fsp3) is 0.571. The van der Waals surface area contributed by atoms with Crippen molar-refractivity contribution in [3.63, 3.8) is 0 Å². The number of carbonyl (C=O) groups is 3. The standard InChI is InChI=1S/C7H9NO5/c1-3-2-4(9)5(6(10)11)8(3)7(12)13/h3,5H,2H2,1H3,(H,10,11)(H,12,13)/t3-,5?/m1/s1. The van der Waals surface area contributed by atoms with E-state index < -0.39 is 29.9 Å². The Balaban J connectivity index is 2.96. The number of nitrogens with zero attached hydrogens (tertiary/aromatic N) is 1. The van der Waals surface area contributed by atoms with Crippen molar-refractivity contribution < 1.29 is 24.6 Å². The Hall–Kier alpha value is -1.59. The Labute approximate surface area is 73.8 Å². The van der Waals surface area contributed by atoms with Gasteiger partial charge >= 0.3 is 12.1 Å². The minimum Gasteiger partial charge on any atom is -0.479 e. The molecule has 6 nitrogen and oxygen atoms in total. The van der Waals surface area contributed by atoms with E-state index in [1.165, 1.54) is 6.92 Å². The zero-order valence-corrected chi connectivity index (χ0v) is 6.93. The maximum Gasteiger partial charge on any atom is 0.408 e. The largest absolute Gasteiger partial charge is 0.479 e. The summed E-state index contributed by atoms with van der Waals surface area (Å²) in [7, 11) is 0. The van der Waals surface area contributed by atoms with Crippen LogP contribution in [0.5, 0.6) is 0 Å². The van der Waals surface area contributed by atoms with Crippen molar-refractivity contribution in [3.05, 3.63) is 0 Å². The van der Waals surface area contributed by atoms with E-state index in [0.717, 1.165) is 0 Å². The van der Waals surface area contributed by atoms with Gasteiger partial charge in [0.15, 0.2) is 11.8 Å². The molecule has 0 bridgehead atoms. The Morgan fingerprint density at radius 1 is 1.46 bits per heavy atom. The van der Waals surface area contributed by atoms with Crippen molar-refractivity contribution in [2.75, 3.05) is 0 Å². The van der Waals surface area contributed by atoms with Gasteiger partial charge < -0.3 is 10.2 Å². The van der Waals surface area contributed by atoms with Crippen molar-refractivity contribution in [2.24, 2.45) is 0 Å². The van der Waals surface area contributed by atoms with E-state index in [2.05, 4.69) is 0 Å². The summed E-state index contributed by atoms with van der Waals surface area (Å²) < 4.78 is 0. The van der Waals surface area contributed by atoms with E-state index in [1.807, 2.05) is 0 Å². The molecule has 0 aliphatic carbocycles. The normalized spacial score (nSPS) is 27.8. The molecule has 1 heterocycles. The first kappa shape index (κ1) is 9.50. The molecule has 1 amide bonds. The second kappa shape index (κ2) is 3.04. The molecular formula is C7H9NO5. The molecule has 2 atom stereocenters. The van der Waals surface area contributed by atoms with Gasteiger partial charge in [0.2, 0.25) is 0 Å². The molecule has 1 rings (SSSR count). The molecule has 0 radical (unpaired) electrons. The second-order valence-electron chi connectivity index (χ2n) is 2.95. The minimum absolute atomic E-state index is 0.0245. The molecule has 0 aromatic carbocycles. The first-order valence-corrected chi connectivity index (χ1v) is 3.72. The molecule has 0 saturated carbocycles. The maximum atomic E-state index is 11.1. The molecular weight excluding hydrogens is 178 g/mol. The van der Waals surface area contributed by atoms with Crippen molar-refractivity contribution in [1.82, 2.24) is 4.90 Å². The summed E-state index contributed by atoms with van der Waals surface area (Å²) in [4.78, 5) is 32.9. The number of likely N-dealkylation sites (tertiary alicyclic amines) is 1. The highest BCUT2D eigenvalue weighted by atomic mass is 16.4. The van der Waals surface area contributed by atoms with Crippen LogP contribution in [0.15, 0.2) is 0 Å². The van der Waals surface area contributed by atoms with Gasteiger partial charge in [0.25, 0.3) is 0 Å². The van der Waals surface area contributed by atoms with E-state index in [4.69, 9.17) is 10.2 Å². The van der Waals surface area contributed by atoms with Crippen LogP contribution in [0.4, 0.5) is 4.79 Å². The van der Waals surface area contributed by atoms with Crippen LogP contribution < -0.4 is 0 Å². The van der Waals surface area contributed by atoms with Crippen molar-refractivity contribution in [1.29, 1.82) is 0 Å². The van der Waals surface area contributed by atoms with Gasteiger partial charge in [-0.05, 0) is 6.92 Å². The lowest BCUT2D eigenvalue weighted by Gasteiger charge is -2.20. The fourth-order valence-corrected chi connectivity index (χ4v) is 1.47. The van der Waals surface area contributed by atoms with Gasteiger partial charge in [-0.25, -0.2) is 9.59 Å². The highest BCUT2D eigenvalue weighted by molar-refractivity contribution is 6.06. The third-order valence-electron chi connectivity index (χ3n) is 2.01. The van der Waals surface area contributed by atoms with Crippen LogP contribution >= 0.6 is 0 Å². The molecule has 1 fully saturated rings. The zero-order chi connectivity index (χ0) is 10.2. The lowest BCUT2D eigenvalue weighted by atomic mass is 10.2. The van der Waals surface area contributed by atoms with E-state index in [0.29, 0.717) is 4.90 Å². The summed E-state index contributed by atoms with van der Waals surface area (Å²) in [5, 5.41) is 17.2. The van der Waals surface area contributed by atoms with E-state index in [1.54, 1.807) is 0 Å². The predicted octanol–water partition coefficient (Wildman–Crippen LogP) is -0.219. The monoisotopic (exact) mass is 187 g/mol. The zero-order valence-electron chi connectivity index (χ0n) is 6.93. The highest BCUT2D eigenvalue weighted by Crippen LogP contribution is 2.20. The van der Waals surface area contributed by atoms with Crippen LogP contribution in [0.2, 0.25) is 0 Å². The molecule has 1 aliphatic rings. The summed E-state index contributed by atoms with van der Waals surface area (Å²) >= 11 is 0. The first-order valence-electron chi connectivity index (χ1n) is 3.72. The van der Waals surface area contributed by atoms with Gasteiger partial charge in [0.05, 0.1) is 0 Å². The molecule has 1 unspecified atom stereocenters. The number of hydrogen-bond acceptors (Lipinski definition) is 3. The Kier molecular flexibility index (Phi) is 2.22. The van der Waals surface area contributed by atoms with Gasteiger partial charge in [-0.3, -0.25) is 9.69 Å². The molecule has 1 saturated heterocycles. The molecule has 72 valence electrons. The number of carbonyl (C=O) groups excluding carboxylic acids is 1. The quantitative estimate of drug-likeness (QED) is 0.553. The Morgan fingerprint density at radius 2 is 2.00 bits per heavy atom. The Morgan fingerprint density at radius 3 is 2.31 bits per heavy atom. The number of carboxylic acids is 1. The van der Waals surface area contributed by atoms with Crippen LogP contribution in [0, 0.1) is 0 Å². The van der Waals surface area contributed by atoms with Gasteiger partial charge in [-0.15, -0.1) is 0 Å². The van der Waals surface area contributed by atoms with Gasteiger partial charge in [0.1, 0.15) is 0 Å². The average molecular weight is 187 g/mol. The second-order valence-corrected chi connectivity index (χ2v) is 2.95. The number of amides is 1. The lowest BCUT2D eigenvalue weighted by molar-refractivity contribution is -0.145. The van der Waals surface area contributed by atoms with Crippen molar-refractivity contribution >= 4 is 17.8 Å². The van der Waals surface area contributed by atoms with Crippen molar-refractivity contribution in [3.8, 4) is 0 Å². The molecule has 6 heteroatoms. The molecule has 0 spiro atoms. The summed E-state index contributed by atoms with van der Waals surface area (Å²) in [6.07, 6.45) is -1.39. The van der Waals surface area contributed by atoms with E-state index in [-0.39, 0.29) is 6.42 Å². The molecule has 13 heavy (non-hydrogen) atoms. The highest BCUT2D eigenvalue weighted by Gasteiger charge is 2.45. The summed E-state index contributed by atoms with van der Waals surface area (Å²) in [6.45, 7) is 1.51. The van der Waals surface area contributed by atoms with Gasteiger partial charge in [-0.1, -0.05) is 0 Å². The summed E-state index contributed by atoms with van der Waals surface area (Å²) in [6, 6.07) is -2.07. The smallest absolute Gasteiger partial charge is 0.408 e. The van der Waals surface area contributed by atoms with Crippen molar-refractivity contribution in [2.45, 2.75) is 25.4 Å². The molecule has 2 N–H and O–H groups in total. The lowest BCUT2D eigenvalue weighted by Crippen LogP contribution is -2.45. The Bertz CT molecular complexity index is 274. The predicted molar refractivity (Wildman–Crippen MR) is 40.4 cm³/mol. The first-order chi connectivity index (χ1) is 5.95. The fourth-order valence-electron chi connectivity index (χ4n) is 1.47. The van der Waals surface area contributed by atoms with Gasteiger partial charge in [-0.2, -0.15) is 0 Å². The average Bonchev–Trinajstić information content (AvgIpc) is 2.24. The van der Waals surface area contributed by atoms with E-state index in [9.17, 15) is 14.4 Å². The van der Waals surface area contributed by atoms with Crippen LogP contribution in [0.25, 0.3) is 0 Å². The van der Waals surface area contributed by atoms with Crippen LogP contribution in [0.3, 0.4) is 0 Å². The number of Topliss-reactive ketones (excluding diaryl/α,β-unsaturated/α-hetero) is 1. The SMILES string of the molecule is C[C@@H]1CC(=O)C(C(=O)O)N1C(=O)O. The maximum absolute atomic E-state index is 11.1. The summed E-state index contributed by atoms with van der Waals surface area (Å²) in [5.74, 6) is -1.96.